The normalized spacial score (nSPS) is 24.8. The van der Waals surface area contributed by atoms with Crippen LogP contribution in [0.4, 0.5) is 0 Å². The second-order valence-corrected chi connectivity index (χ2v) is 11.3. The van der Waals surface area contributed by atoms with E-state index >= 15 is 0 Å². The maximum atomic E-state index is 12.9. The van der Waals surface area contributed by atoms with Crippen LogP contribution in [-0.2, 0) is 14.8 Å². The van der Waals surface area contributed by atoms with Crippen molar-refractivity contribution in [2.45, 2.75) is 63.8 Å². The molecule has 0 spiro atoms. The van der Waals surface area contributed by atoms with Gasteiger partial charge in [0.2, 0.25) is 10.0 Å². The third-order valence-corrected chi connectivity index (χ3v) is 9.49. The molecule has 158 valence electrons. The Balaban J connectivity index is 1.64. The van der Waals surface area contributed by atoms with Crippen LogP contribution in [0.3, 0.4) is 0 Å². The fourth-order valence-electron chi connectivity index (χ4n) is 4.15. The second kappa shape index (κ2) is 8.81. The van der Waals surface area contributed by atoms with Crippen molar-refractivity contribution in [3.63, 3.8) is 0 Å². The lowest BCUT2D eigenvalue weighted by molar-refractivity contribution is 0.0730. The van der Waals surface area contributed by atoms with Crippen LogP contribution in [0.5, 0.6) is 0 Å². The highest BCUT2D eigenvalue weighted by molar-refractivity contribution is 7.89. The van der Waals surface area contributed by atoms with Gasteiger partial charge in [-0.05, 0) is 48.5 Å². The summed E-state index contributed by atoms with van der Waals surface area (Å²) >= 11 is 1.20. The molecular formula is C20H32N2O4S2. The predicted molar refractivity (Wildman–Crippen MR) is 111 cm³/mol. The van der Waals surface area contributed by atoms with E-state index < -0.39 is 10.0 Å². The molecule has 28 heavy (non-hydrogen) atoms. The summed E-state index contributed by atoms with van der Waals surface area (Å²) in [6.07, 6.45) is 5.28. The summed E-state index contributed by atoms with van der Waals surface area (Å²) in [6, 6.07) is 1.67. The number of ether oxygens (including phenoxy) is 1. The van der Waals surface area contributed by atoms with Gasteiger partial charge in [-0.2, -0.15) is 4.31 Å². The van der Waals surface area contributed by atoms with Crippen molar-refractivity contribution in [2.75, 3.05) is 26.3 Å². The van der Waals surface area contributed by atoms with Gasteiger partial charge in [0, 0.05) is 19.1 Å². The molecule has 1 aromatic heterocycles. The Morgan fingerprint density at radius 1 is 1.25 bits per heavy atom. The summed E-state index contributed by atoms with van der Waals surface area (Å²) in [4.78, 5) is 13.3. The van der Waals surface area contributed by atoms with Crippen LogP contribution in [0, 0.1) is 11.3 Å². The Labute approximate surface area is 172 Å². The molecule has 1 aliphatic heterocycles. The molecule has 8 heteroatoms. The largest absolute Gasteiger partial charge is 0.379 e. The van der Waals surface area contributed by atoms with Gasteiger partial charge in [-0.25, -0.2) is 8.42 Å². The Morgan fingerprint density at radius 3 is 2.50 bits per heavy atom. The van der Waals surface area contributed by atoms with Crippen LogP contribution >= 0.6 is 11.3 Å². The number of thiophene rings is 1. The third kappa shape index (κ3) is 4.61. The topological polar surface area (TPSA) is 75.7 Å². The number of rotatable bonds is 6. The first-order valence-corrected chi connectivity index (χ1v) is 12.5. The lowest BCUT2D eigenvalue weighted by atomic mass is 9.69. The van der Waals surface area contributed by atoms with E-state index in [0.717, 1.165) is 32.1 Å². The van der Waals surface area contributed by atoms with Crippen molar-refractivity contribution in [1.29, 1.82) is 0 Å². The molecule has 1 N–H and O–H groups in total. The molecule has 0 bridgehead atoms. The Kier molecular flexibility index (Phi) is 6.84. The van der Waals surface area contributed by atoms with Gasteiger partial charge >= 0.3 is 0 Å². The minimum atomic E-state index is -3.66. The van der Waals surface area contributed by atoms with Gasteiger partial charge in [0.05, 0.1) is 13.2 Å². The summed E-state index contributed by atoms with van der Waals surface area (Å²) in [5, 5.41) is 4.77. The zero-order chi connectivity index (χ0) is 20.4. The van der Waals surface area contributed by atoms with Gasteiger partial charge in [-0.3, -0.25) is 4.79 Å². The van der Waals surface area contributed by atoms with Crippen LogP contribution in [0.25, 0.3) is 0 Å². The van der Waals surface area contributed by atoms with Gasteiger partial charge in [-0.1, -0.05) is 27.2 Å². The van der Waals surface area contributed by atoms with E-state index in [4.69, 9.17) is 4.74 Å². The lowest BCUT2D eigenvalue weighted by Crippen LogP contribution is -2.42. The first-order valence-electron chi connectivity index (χ1n) is 10.2. The molecule has 0 aromatic carbocycles. The minimum Gasteiger partial charge on any atom is -0.379 e. The van der Waals surface area contributed by atoms with Crippen LogP contribution in [0.2, 0.25) is 0 Å². The number of sulfonamides is 1. The molecule has 6 nitrogen and oxygen atoms in total. The lowest BCUT2D eigenvalue weighted by Gasteiger charge is -2.39. The van der Waals surface area contributed by atoms with Gasteiger partial charge < -0.3 is 10.1 Å². The molecule has 2 aliphatic rings. The average Bonchev–Trinajstić information content (AvgIpc) is 3.20. The summed E-state index contributed by atoms with van der Waals surface area (Å²) < 4.78 is 32.6. The van der Waals surface area contributed by atoms with E-state index in [0.29, 0.717) is 42.5 Å². The average molecular weight is 429 g/mol. The zero-order valence-electron chi connectivity index (χ0n) is 17.1. The summed E-state index contributed by atoms with van der Waals surface area (Å²) in [7, 11) is -3.66. The van der Waals surface area contributed by atoms with Crippen molar-refractivity contribution in [2.24, 2.45) is 11.3 Å². The van der Waals surface area contributed by atoms with Crippen LogP contribution < -0.4 is 5.32 Å². The molecule has 1 aliphatic carbocycles. The smallest absolute Gasteiger partial charge is 0.262 e. The molecule has 2 heterocycles. The molecule has 1 aromatic rings. The van der Waals surface area contributed by atoms with E-state index in [1.165, 1.54) is 15.6 Å². The number of nitrogens with zero attached hydrogens (tertiary/aromatic N) is 1. The first kappa shape index (κ1) is 21.7. The zero-order valence-corrected chi connectivity index (χ0v) is 18.7. The summed E-state index contributed by atoms with van der Waals surface area (Å²) in [5.41, 5.74) is 0.335. The number of carbonyl (C=O) groups is 1. The number of morpholine rings is 1. The fourth-order valence-corrected chi connectivity index (χ4v) is 6.86. The standard InChI is InChI=1S/C20H32N2O4S2/c1-4-20(2,3)15-5-7-16(8-6-15)21-19(23)18-17(9-14-27-18)28(24,25)22-10-12-26-13-11-22/h9,14-16H,4-8,10-13H2,1-3H3,(H,21,23). The Bertz CT molecular complexity index is 774. The quantitative estimate of drug-likeness (QED) is 0.752. The molecule has 0 atom stereocenters. The minimum absolute atomic E-state index is 0.123. The molecule has 0 unspecified atom stereocenters. The van der Waals surface area contributed by atoms with Crippen LogP contribution in [0.1, 0.15) is 62.5 Å². The third-order valence-electron chi connectivity index (χ3n) is 6.50. The van der Waals surface area contributed by atoms with Gasteiger partial charge in [0.25, 0.3) is 5.91 Å². The van der Waals surface area contributed by atoms with E-state index in [-0.39, 0.29) is 16.8 Å². The van der Waals surface area contributed by atoms with E-state index in [2.05, 4.69) is 26.1 Å². The van der Waals surface area contributed by atoms with E-state index in [9.17, 15) is 13.2 Å². The monoisotopic (exact) mass is 428 g/mol. The Morgan fingerprint density at radius 2 is 1.89 bits per heavy atom. The SMILES string of the molecule is CCC(C)(C)C1CCC(NC(=O)c2sccc2S(=O)(=O)N2CCOCC2)CC1. The summed E-state index contributed by atoms with van der Waals surface area (Å²) in [6.45, 7) is 8.33. The molecule has 1 saturated heterocycles. The molecule has 3 rings (SSSR count). The highest BCUT2D eigenvalue weighted by Gasteiger charge is 2.34. The number of amides is 1. The van der Waals surface area contributed by atoms with Crippen molar-refractivity contribution in [1.82, 2.24) is 9.62 Å². The summed E-state index contributed by atoms with van der Waals surface area (Å²) in [5.74, 6) is 0.421. The second-order valence-electron chi connectivity index (χ2n) is 8.49. The predicted octanol–water partition coefficient (Wildman–Crippen LogP) is 3.49. The number of hydrogen-bond donors (Lipinski definition) is 1. The number of nitrogens with one attached hydrogen (secondary N) is 1. The highest BCUT2D eigenvalue weighted by atomic mass is 32.2. The van der Waals surface area contributed by atoms with Gasteiger partial charge in [-0.15, -0.1) is 11.3 Å². The van der Waals surface area contributed by atoms with E-state index in [1.807, 2.05) is 0 Å². The van der Waals surface area contributed by atoms with Crippen molar-refractivity contribution < 1.29 is 17.9 Å². The molecule has 1 amide bonds. The van der Waals surface area contributed by atoms with Crippen LogP contribution in [-0.4, -0.2) is 51.0 Å². The molecular weight excluding hydrogens is 396 g/mol. The maximum absolute atomic E-state index is 12.9. The first-order chi connectivity index (χ1) is 13.3. The maximum Gasteiger partial charge on any atom is 0.262 e. The van der Waals surface area contributed by atoms with Gasteiger partial charge in [0.15, 0.2) is 0 Å². The fraction of sp³-hybridized carbons (Fsp3) is 0.750. The molecule has 0 radical (unpaired) electrons. The highest BCUT2D eigenvalue weighted by Crippen LogP contribution is 2.40. The van der Waals surface area contributed by atoms with Crippen molar-refractivity contribution >= 4 is 27.3 Å². The Hall–Kier alpha value is -0.960. The van der Waals surface area contributed by atoms with Crippen molar-refractivity contribution in [3.05, 3.63) is 16.3 Å². The van der Waals surface area contributed by atoms with Crippen molar-refractivity contribution in [3.8, 4) is 0 Å². The molecule has 2 fully saturated rings. The van der Waals surface area contributed by atoms with Crippen LogP contribution in [0.15, 0.2) is 16.3 Å². The van der Waals surface area contributed by atoms with E-state index in [1.54, 1.807) is 11.4 Å². The number of hydrogen-bond acceptors (Lipinski definition) is 5. The number of carbonyl (C=O) groups excluding carboxylic acids is 1. The van der Waals surface area contributed by atoms with Gasteiger partial charge in [0.1, 0.15) is 9.77 Å². The molecule has 1 saturated carbocycles.